The van der Waals surface area contributed by atoms with Crippen molar-refractivity contribution in [1.82, 2.24) is 15.6 Å². The molecule has 0 bridgehead atoms. The Kier molecular flexibility index (Phi) is 7.96. The summed E-state index contributed by atoms with van der Waals surface area (Å²) in [5.41, 5.74) is 8.49. The number of aromatic amines is 1. The van der Waals surface area contributed by atoms with Gasteiger partial charge in [0.1, 0.15) is 17.8 Å². The van der Waals surface area contributed by atoms with E-state index >= 15 is 0 Å². The van der Waals surface area contributed by atoms with Gasteiger partial charge < -0.3 is 31.6 Å². The van der Waals surface area contributed by atoms with E-state index in [1.165, 1.54) is 12.1 Å². The molecule has 0 aliphatic heterocycles. The van der Waals surface area contributed by atoms with Crippen LogP contribution in [-0.2, 0) is 27.2 Å². The van der Waals surface area contributed by atoms with E-state index in [4.69, 9.17) is 5.73 Å². The minimum atomic E-state index is -1.23. The monoisotopic (exact) mass is 470 g/mol. The molecule has 2 amide bonds. The number of carbonyl (C=O) groups is 3. The fourth-order valence-electron chi connectivity index (χ4n) is 3.44. The van der Waals surface area contributed by atoms with Crippen molar-refractivity contribution in [3.8, 4) is 5.75 Å². The summed E-state index contributed by atoms with van der Waals surface area (Å²) in [6, 6.07) is 10.4. The molecule has 0 saturated heterocycles. The number of benzene rings is 2. The normalized spacial score (nSPS) is 13.8. The van der Waals surface area contributed by atoms with Crippen LogP contribution in [0.4, 0.5) is 0 Å². The molecule has 0 radical (unpaired) electrons. The number of aliphatic carboxylic acids is 1. The molecule has 0 saturated carbocycles. The first-order valence-electron chi connectivity index (χ1n) is 10.3. The van der Waals surface area contributed by atoms with E-state index in [2.05, 4.69) is 28.2 Å². The number of thiol groups is 1. The van der Waals surface area contributed by atoms with Crippen molar-refractivity contribution in [3.05, 3.63) is 65.9 Å². The van der Waals surface area contributed by atoms with E-state index in [9.17, 15) is 24.6 Å². The van der Waals surface area contributed by atoms with Gasteiger partial charge in [0, 0.05) is 29.3 Å². The van der Waals surface area contributed by atoms with Crippen LogP contribution in [-0.4, -0.2) is 56.9 Å². The van der Waals surface area contributed by atoms with Gasteiger partial charge in [0.15, 0.2) is 0 Å². The van der Waals surface area contributed by atoms with E-state index < -0.39 is 35.9 Å². The molecule has 1 heterocycles. The number of H-pyrrole nitrogens is 1. The maximum atomic E-state index is 12.7. The van der Waals surface area contributed by atoms with E-state index in [-0.39, 0.29) is 24.3 Å². The second kappa shape index (κ2) is 10.9. The van der Waals surface area contributed by atoms with Crippen LogP contribution in [0.2, 0.25) is 0 Å². The Labute approximate surface area is 195 Å². The number of phenols is 1. The smallest absolute Gasteiger partial charge is 0.326 e. The number of carbonyl (C=O) groups excluding carboxylic acids is 2. The lowest BCUT2D eigenvalue weighted by Gasteiger charge is -2.22. The van der Waals surface area contributed by atoms with Crippen molar-refractivity contribution >= 4 is 41.3 Å². The quantitative estimate of drug-likeness (QED) is 0.219. The van der Waals surface area contributed by atoms with Crippen molar-refractivity contribution in [1.29, 1.82) is 0 Å². The Morgan fingerprint density at radius 3 is 2.30 bits per heavy atom. The zero-order chi connectivity index (χ0) is 24.0. The van der Waals surface area contributed by atoms with Gasteiger partial charge in [-0.2, -0.15) is 12.6 Å². The number of aromatic hydroxyl groups is 1. The Bertz CT molecular complexity index is 1130. The molecule has 3 atom stereocenters. The molecule has 10 heteroatoms. The highest BCUT2D eigenvalue weighted by atomic mass is 32.1. The van der Waals surface area contributed by atoms with Gasteiger partial charge in [-0.25, -0.2) is 4.79 Å². The standard InChI is InChI=1S/C23H26N4O5S/c24-17(10-14-11-25-18-4-2-1-3-16(14)18)21(29)27-20(12-33)22(30)26-19(23(31)32)9-13-5-7-15(28)8-6-13/h1-8,11,17,19-20,25,28,33H,9-10,12,24H2,(H,26,30)(H,27,29)(H,31,32). The van der Waals surface area contributed by atoms with Crippen LogP contribution in [0.5, 0.6) is 5.75 Å². The van der Waals surface area contributed by atoms with Crippen molar-refractivity contribution in [2.24, 2.45) is 5.73 Å². The predicted molar refractivity (Wildman–Crippen MR) is 127 cm³/mol. The zero-order valence-electron chi connectivity index (χ0n) is 17.7. The Morgan fingerprint density at radius 1 is 0.970 bits per heavy atom. The molecule has 2 aromatic carbocycles. The first-order valence-corrected chi connectivity index (χ1v) is 10.9. The number of nitrogens with two attached hydrogens (primary N) is 1. The molecular formula is C23H26N4O5S. The molecule has 174 valence electrons. The van der Waals surface area contributed by atoms with Crippen LogP contribution in [0.1, 0.15) is 11.1 Å². The average molecular weight is 471 g/mol. The van der Waals surface area contributed by atoms with Crippen molar-refractivity contribution in [2.45, 2.75) is 31.0 Å². The van der Waals surface area contributed by atoms with Gasteiger partial charge >= 0.3 is 5.97 Å². The van der Waals surface area contributed by atoms with Crippen LogP contribution >= 0.6 is 12.6 Å². The fourth-order valence-corrected chi connectivity index (χ4v) is 3.70. The number of rotatable bonds is 10. The summed E-state index contributed by atoms with van der Waals surface area (Å²) in [4.78, 5) is 40.0. The molecule has 1 aromatic heterocycles. The van der Waals surface area contributed by atoms with Crippen LogP contribution in [0.3, 0.4) is 0 Å². The third-order valence-electron chi connectivity index (χ3n) is 5.26. The number of phenolic OH excluding ortho intramolecular Hbond substituents is 1. The lowest BCUT2D eigenvalue weighted by molar-refractivity contribution is -0.142. The minimum Gasteiger partial charge on any atom is -0.508 e. The van der Waals surface area contributed by atoms with Crippen molar-refractivity contribution < 1.29 is 24.6 Å². The largest absolute Gasteiger partial charge is 0.508 e. The summed E-state index contributed by atoms with van der Waals surface area (Å²) in [5.74, 6) is -2.43. The van der Waals surface area contributed by atoms with Crippen molar-refractivity contribution in [3.63, 3.8) is 0 Å². The highest BCUT2D eigenvalue weighted by Gasteiger charge is 2.27. The van der Waals surface area contributed by atoms with Crippen LogP contribution in [0, 0.1) is 0 Å². The summed E-state index contributed by atoms with van der Waals surface area (Å²) in [5, 5.41) is 24.8. The number of nitrogens with one attached hydrogen (secondary N) is 3. The Balaban J connectivity index is 1.60. The summed E-state index contributed by atoms with van der Waals surface area (Å²) in [6.45, 7) is 0. The van der Waals surface area contributed by atoms with E-state index in [1.807, 2.05) is 24.3 Å². The number of carboxylic acid groups (broad SMARTS) is 1. The minimum absolute atomic E-state index is 0.00860. The number of aromatic nitrogens is 1. The van der Waals surface area contributed by atoms with Crippen molar-refractivity contribution in [2.75, 3.05) is 5.75 Å². The highest BCUT2D eigenvalue weighted by molar-refractivity contribution is 7.80. The topological polar surface area (TPSA) is 158 Å². The van der Waals surface area contributed by atoms with Crippen LogP contribution in [0.15, 0.2) is 54.7 Å². The first kappa shape index (κ1) is 24.1. The van der Waals surface area contributed by atoms with E-state index in [1.54, 1.807) is 18.3 Å². The number of hydrogen-bond acceptors (Lipinski definition) is 6. The van der Waals surface area contributed by atoms with Gasteiger partial charge in [0.05, 0.1) is 6.04 Å². The average Bonchev–Trinajstić information content (AvgIpc) is 3.20. The molecule has 3 rings (SSSR count). The van der Waals surface area contributed by atoms with E-state index in [0.29, 0.717) is 5.56 Å². The Morgan fingerprint density at radius 2 is 1.64 bits per heavy atom. The van der Waals surface area contributed by atoms with Gasteiger partial charge in [-0.3, -0.25) is 9.59 Å². The molecule has 9 nitrogen and oxygen atoms in total. The molecule has 0 spiro atoms. The van der Waals surface area contributed by atoms with E-state index in [0.717, 1.165) is 16.5 Å². The van der Waals surface area contributed by atoms with Gasteiger partial charge in [0.2, 0.25) is 11.8 Å². The van der Waals surface area contributed by atoms with Gasteiger partial charge in [-0.05, 0) is 35.7 Å². The maximum absolute atomic E-state index is 12.7. The molecule has 3 unspecified atom stereocenters. The maximum Gasteiger partial charge on any atom is 0.326 e. The molecule has 33 heavy (non-hydrogen) atoms. The van der Waals surface area contributed by atoms with Gasteiger partial charge in [0.25, 0.3) is 0 Å². The number of hydrogen-bond donors (Lipinski definition) is 7. The van der Waals surface area contributed by atoms with Gasteiger partial charge in [-0.1, -0.05) is 30.3 Å². The molecule has 0 aliphatic rings. The fraction of sp³-hybridized carbons (Fsp3) is 0.261. The third kappa shape index (κ3) is 6.27. The SMILES string of the molecule is NC(Cc1c[nH]c2ccccc12)C(=O)NC(CS)C(=O)NC(Cc1ccc(O)cc1)C(=O)O. The molecule has 7 N–H and O–H groups in total. The summed E-state index contributed by atoms with van der Waals surface area (Å²) >= 11 is 4.12. The van der Waals surface area contributed by atoms with Crippen LogP contribution < -0.4 is 16.4 Å². The highest BCUT2D eigenvalue weighted by Crippen LogP contribution is 2.19. The second-order valence-corrected chi connectivity index (χ2v) is 8.05. The summed E-state index contributed by atoms with van der Waals surface area (Å²) in [7, 11) is 0. The molecule has 0 aliphatic carbocycles. The lowest BCUT2D eigenvalue weighted by Crippen LogP contribution is -2.55. The molecular weight excluding hydrogens is 444 g/mol. The Hall–Kier alpha value is -3.50. The third-order valence-corrected chi connectivity index (χ3v) is 5.62. The number of amides is 2. The number of para-hydroxylation sites is 1. The second-order valence-electron chi connectivity index (χ2n) is 7.68. The van der Waals surface area contributed by atoms with Gasteiger partial charge in [-0.15, -0.1) is 0 Å². The molecule has 0 fully saturated rings. The zero-order valence-corrected chi connectivity index (χ0v) is 18.6. The van der Waals surface area contributed by atoms with Crippen LogP contribution in [0.25, 0.3) is 10.9 Å². The first-order chi connectivity index (χ1) is 15.8. The number of fused-ring (bicyclic) bond motifs is 1. The number of carboxylic acids is 1. The predicted octanol–water partition coefficient (Wildman–Crippen LogP) is 0.970. The summed E-state index contributed by atoms with van der Waals surface area (Å²) in [6.07, 6.45) is 2.06. The summed E-state index contributed by atoms with van der Waals surface area (Å²) < 4.78 is 0. The lowest BCUT2D eigenvalue weighted by atomic mass is 10.0. The molecule has 3 aromatic rings.